The van der Waals surface area contributed by atoms with Crippen LogP contribution in [0, 0.1) is 28.4 Å². The number of anilines is 4. The van der Waals surface area contributed by atoms with Crippen LogP contribution in [0.2, 0.25) is 0 Å². The third-order valence-electron chi connectivity index (χ3n) is 18.4. The molecule has 3 aromatic carbocycles. The maximum absolute atomic E-state index is 14.9. The van der Waals surface area contributed by atoms with Gasteiger partial charge in [-0.3, -0.25) is 24.7 Å². The number of sulfonamides is 1. The normalized spacial score (nSPS) is 23.9. The van der Waals surface area contributed by atoms with E-state index in [9.17, 15) is 28.4 Å². The molecule has 1 amide bonds. The standard InChI is InChI=1S/C62H76N10O10S/c1-39(2)81-55-9-7-6-8-47(55)54-37-68(36-43-11-10-40(3)59(65-43)79-5)27-28-70(54)45-33-62(34-45)22-25-69(26-23-62)44-12-14-48(51(31-44)71-50-19-29-80-38-56(50)82-60-53(71)30-42-18-24-63-57(42)66-60)58(73)67-83(77,78)46-13-15-49(52(32-46)72(75)76)64-35-41-16-20-61(4,74)21-17-41/h6-15,18,24,30-32,39,41,45,50,54,56,64,74H,16-17,19-23,25-29,33-38H2,1-5H3,(H,63,66)(H,67,73)/t41?,50-,54+,56-,61?/m0/s1. The van der Waals surface area contributed by atoms with Gasteiger partial charge < -0.3 is 44.2 Å². The molecule has 3 saturated heterocycles. The fourth-order valence-electron chi connectivity index (χ4n) is 13.8. The molecule has 4 aliphatic heterocycles. The molecule has 440 valence electrons. The Morgan fingerprint density at radius 2 is 1.75 bits per heavy atom. The van der Waals surface area contributed by atoms with Gasteiger partial charge in [-0.2, -0.15) is 4.98 Å². The summed E-state index contributed by atoms with van der Waals surface area (Å²) in [7, 11) is -2.98. The van der Waals surface area contributed by atoms with E-state index in [1.807, 2.05) is 38.1 Å². The van der Waals surface area contributed by atoms with E-state index in [0.717, 1.165) is 112 Å². The number of piperidine rings is 1. The highest BCUT2D eigenvalue weighted by molar-refractivity contribution is 7.90. The molecule has 83 heavy (non-hydrogen) atoms. The number of nitro benzene ring substituents is 1. The van der Waals surface area contributed by atoms with E-state index < -0.39 is 43.1 Å². The molecule has 6 aromatic rings. The summed E-state index contributed by atoms with van der Waals surface area (Å²) in [6.07, 6.45) is 8.86. The first-order chi connectivity index (χ1) is 39.9. The predicted octanol–water partition coefficient (Wildman–Crippen LogP) is 9.44. The highest BCUT2D eigenvalue weighted by Crippen LogP contribution is 2.54. The van der Waals surface area contributed by atoms with Crippen molar-refractivity contribution in [3.63, 3.8) is 0 Å². The minimum absolute atomic E-state index is 0.0334. The molecule has 0 radical (unpaired) electrons. The molecule has 7 heterocycles. The number of rotatable bonds is 16. The number of aromatic nitrogens is 3. The number of aryl methyl sites for hydroxylation is 1. The number of carbonyl (C=O) groups excluding carboxylic acids is 1. The Morgan fingerprint density at radius 3 is 2.52 bits per heavy atom. The van der Waals surface area contributed by atoms with E-state index in [2.05, 4.69) is 84.9 Å². The van der Waals surface area contributed by atoms with Crippen LogP contribution >= 0.6 is 0 Å². The summed E-state index contributed by atoms with van der Waals surface area (Å²) in [6, 6.07) is 26.0. The summed E-state index contributed by atoms with van der Waals surface area (Å²) in [5.74, 6) is 1.24. The first-order valence-corrected chi connectivity index (χ1v) is 30.9. The number of amides is 1. The number of carbonyl (C=O) groups is 1. The van der Waals surface area contributed by atoms with Crippen LogP contribution in [0.5, 0.6) is 17.5 Å². The number of aromatic amines is 1. The number of pyridine rings is 2. The van der Waals surface area contributed by atoms with Crippen molar-refractivity contribution in [3.8, 4) is 17.5 Å². The molecular weight excluding hydrogens is 1080 g/mol. The summed E-state index contributed by atoms with van der Waals surface area (Å²) in [5.41, 5.74) is 5.14. The van der Waals surface area contributed by atoms with Crippen molar-refractivity contribution in [1.82, 2.24) is 29.5 Å². The number of ether oxygens (including phenoxy) is 4. The Hall–Kier alpha value is -7.04. The zero-order valence-electron chi connectivity index (χ0n) is 48.0. The molecule has 12 rings (SSSR count). The van der Waals surface area contributed by atoms with Gasteiger partial charge in [-0.15, -0.1) is 0 Å². The summed E-state index contributed by atoms with van der Waals surface area (Å²) < 4.78 is 55.4. The summed E-state index contributed by atoms with van der Waals surface area (Å²) in [4.78, 5) is 48.8. The monoisotopic (exact) mass is 1150 g/mol. The second kappa shape index (κ2) is 22.8. The van der Waals surface area contributed by atoms with Gasteiger partial charge in [0, 0.05) is 92.9 Å². The van der Waals surface area contributed by atoms with Gasteiger partial charge in [0.15, 0.2) is 0 Å². The number of nitro groups is 1. The number of piperazine rings is 1. The van der Waals surface area contributed by atoms with Crippen LogP contribution in [0.1, 0.15) is 112 Å². The fourth-order valence-corrected chi connectivity index (χ4v) is 14.7. The highest BCUT2D eigenvalue weighted by Gasteiger charge is 2.51. The lowest BCUT2D eigenvalue weighted by Crippen LogP contribution is -2.59. The molecule has 21 heteroatoms. The predicted molar refractivity (Wildman–Crippen MR) is 316 cm³/mol. The number of benzene rings is 3. The molecule has 4 N–H and O–H groups in total. The number of fused-ring (bicyclic) bond motifs is 3. The van der Waals surface area contributed by atoms with E-state index in [0.29, 0.717) is 67.2 Å². The van der Waals surface area contributed by atoms with E-state index in [1.54, 1.807) is 19.4 Å². The molecule has 20 nitrogen and oxygen atoms in total. The minimum Gasteiger partial charge on any atom is -0.491 e. The SMILES string of the molecule is COc1nc(CN2CCN(C3CC4(CCN(c5ccc(C(=O)NS(=O)(=O)c6ccc(NCC7CCC(C)(O)CC7)c([N+](=O)[O-])c6)c(N6c7cc8cc[nH]c8nc7O[C@H]7COCC[C@@H]76)c5)CC4)C3)[C@@H](c3ccccc3OC(C)C)C2)ccc1C. The fraction of sp³-hybridized carbons (Fsp3) is 0.500. The van der Waals surface area contributed by atoms with Crippen LogP contribution in [0.15, 0.2) is 96.0 Å². The molecule has 1 spiro atoms. The van der Waals surface area contributed by atoms with Crippen molar-refractivity contribution < 1.29 is 42.2 Å². The summed E-state index contributed by atoms with van der Waals surface area (Å²) >= 11 is 0. The van der Waals surface area contributed by atoms with Crippen LogP contribution < -0.4 is 34.0 Å². The number of nitrogens with one attached hydrogen (secondary N) is 3. The van der Waals surface area contributed by atoms with Crippen LogP contribution in [0.4, 0.5) is 28.4 Å². The zero-order valence-corrected chi connectivity index (χ0v) is 48.8. The minimum atomic E-state index is -4.65. The van der Waals surface area contributed by atoms with E-state index in [1.165, 1.54) is 17.7 Å². The molecular formula is C62H76N10O10S. The van der Waals surface area contributed by atoms with Crippen molar-refractivity contribution in [2.24, 2.45) is 11.3 Å². The topological polar surface area (TPSA) is 230 Å². The number of methoxy groups -OCH3 is 1. The van der Waals surface area contributed by atoms with Crippen molar-refractivity contribution in [3.05, 3.63) is 124 Å². The molecule has 3 aromatic heterocycles. The third kappa shape index (κ3) is 11.7. The van der Waals surface area contributed by atoms with Gasteiger partial charge in [0.05, 0.1) is 64.3 Å². The highest BCUT2D eigenvalue weighted by atomic mass is 32.2. The summed E-state index contributed by atoms with van der Waals surface area (Å²) in [5, 5.41) is 26.9. The Balaban J connectivity index is 0.798. The Labute approximate surface area is 485 Å². The number of H-pyrrole nitrogens is 1. The van der Waals surface area contributed by atoms with Crippen molar-refractivity contribution in [1.29, 1.82) is 0 Å². The molecule has 6 aliphatic rings. The number of hydrogen-bond donors (Lipinski definition) is 4. The largest absolute Gasteiger partial charge is 0.491 e. The lowest BCUT2D eigenvalue weighted by Gasteiger charge is -2.58. The molecule has 2 aliphatic carbocycles. The Kier molecular flexibility index (Phi) is 15.5. The molecule has 0 bridgehead atoms. The van der Waals surface area contributed by atoms with Gasteiger partial charge in [-0.1, -0.05) is 24.3 Å². The van der Waals surface area contributed by atoms with Gasteiger partial charge in [0.1, 0.15) is 28.9 Å². The van der Waals surface area contributed by atoms with Crippen LogP contribution in [-0.4, -0.2) is 139 Å². The summed E-state index contributed by atoms with van der Waals surface area (Å²) in [6.45, 7) is 14.1. The quantitative estimate of drug-likeness (QED) is 0.0522. The van der Waals surface area contributed by atoms with E-state index >= 15 is 0 Å². The van der Waals surface area contributed by atoms with Crippen LogP contribution in [0.25, 0.3) is 11.0 Å². The Morgan fingerprint density at radius 1 is 0.952 bits per heavy atom. The van der Waals surface area contributed by atoms with Gasteiger partial charge >= 0.3 is 0 Å². The van der Waals surface area contributed by atoms with Gasteiger partial charge in [-0.25, -0.2) is 18.1 Å². The van der Waals surface area contributed by atoms with Crippen molar-refractivity contribution in [2.75, 3.05) is 74.7 Å². The maximum atomic E-state index is 14.9. The average molecular weight is 1150 g/mol. The smallest absolute Gasteiger partial charge is 0.293 e. The van der Waals surface area contributed by atoms with Crippen LogP contribution in [-0.2, 0) is 21.3 Å². The molecule has 2 saturated carbocycles. The zero-order chi connectivity index (χ0) is 57.8. The third-order valence-corrected chi connectivity index (χ3v) is 19.7. The molecule has 5 fully saturated rings. The number of nitrogens with zero attached hydrogens (tertiary/aromatic N) is 7. The lowest BCUT2D eigenvalue weighted by molar-refractivity contribution is -0.384. The van der Waals surface area contributed by atoms with Gasteiger partial charge in [0.2, 0.25) is 11.8 Å². The van der Waals surface area contributed by atoms with Crippen molar-refractivity contribution in [2.45, 2.75) is 133 Å². The van der Waals surface area contributed by atoms with Crippen LogP contribution in [0.3, 0.4) is 0 Å². The second-order valence-electron chi connectivity index (χ2n) is 24.4. The molecule has 3 atom stereocenters. The average Bonchev–Trinajstić information content (AvgIpc) is 4.10. The first kappa shape index (κ1) is 56.4. The van der Waals surface area contributed by atoms with E-state index in [4.69, 9.17) is 28.9 Å². The van der Waals surface area contributed by atoms with Crippen molar-refractivity contribution >= 4 is 55.4 Å². The van der Waals surface area contributed by atoms with Gasteiger partial charge in [0.25, 0.3) is 21.6 Å². The second-order valence-corrected chi connectivity index (χ2v) is 26.1. The maximum Gasteiger partial charge on any atom is 0.293 e. The van der Waals surface area contributed by atoms with E-state index in [-0.39, 0.29) is 47.4 Å². The van der Waals surface area contributed by atoms with Gasteiger partial charge in [-0.05, 0) is 151 Å². The number of aliphatic hydroxyl groups is 1. The Bertz CT molecular complexity index is 3500. The molecule has 0 unspecified atom stereocenters. The number of para-hydroxylation sites is 1. The first-order valence-electron chi connectivity index (χ1n) is 29.4. The lowest BCUT2D eigenvalue weighted by atomic mass is 9.59. The number of hydrogen-bond acceptors (Lipinski definition) is 17.